The second-order valence-corrected chi connectivity index (χ2v) is 12.8. The smallest absolute Gasteiger partial charge is 0.192 e. The maximum atomic E-state index is 6.43. The van der Waals surface area contributed by atoms with Gasteiger partial charge in [0.15, 0.2) is 8.32 Å². The van der Waals surface area contributed by atoms with Crippen LogP contribution in [0.15, 0.2) is 0 Å². The largest absolute Gasteiger partial charge is 0.414 e. The molecule has 1 saturated carbocycles. The van der Waals surface area contributed by atoms with Crippen molar-refractivity contribution in [2.75, 3.05) is 0 Å². The van der Waals surface area contributed by atoms with Crippen LogP contribution in [0.25, 0.3) is 0 Å². The summed E-state index contributed by atoms with van der Waals surface area (Å²) in [6.07, 6.45) is 5.80. The first-order chi connectivity index (χ1) is 6.72. The van der Waals surface area contributed by atoms with Crippen LogP contribution >= 0.6 is 22.6 Å². The van der Waals surface area contributed by atoms with Gasteiger partial charge >= 0.3 is 0 Å². The molecule has 0 aromatic heterocycles. The molecule has 0 aromatic rings. The molecule has 1 fully saturated rings. The van der Waals surface area contributed by atoms with Gasteiger partial charge in [0.05, 0.1) is 0 Å². The second kappa shape index (κ2) is 5.04. The lowest BCUT2D eigenvalue weighted by atomic mass is 9.98. The Kier molecular flexibility index (Phi) is 4.70. The van der Waals surface area contributed by atoms with Gasteiger partial charge in [0.25, 0.3) is 0 Å². The summed E-state index contributed by atoms with van der Waals surface area (Å²) in [4.78, 5) is 0. The second-order valence-electron chi connectivity index (χ2n) is 6.25. The molecule has 1 rings (SSSR count). The third kappa shape index (κ3) is 4.00. The van der Waals surface area contributed by atoms with E-state index in [0.29, 0.717) is 11.1 Å². The van der Waals surface area contributed by atoms with Gasteiger partial charge in [-0.05, 0) is 43.8 Å². The summed E-state index contributed by atoms with van der Waals surface area (Å²) < 4.78 is 7.32. The van der Waals surface area contributed by atoms with Crippen molar-refractivity contribution in [1.29, 1.82) is 0 Å². The van der Waals surface area contributed by atoms with E-state index in [9.17, 15) is 0 Å². The molecule has 0 unspecified atom stereocenters. The number of hydrogen-bond donors (Lipinski definition) is 0. The van der Waals surface area contributed by atoms with E-state index in [2.05, 4.69) is 56.5 Å². The fourth-order valence-corrected chi connectivity index (χ4v) is 3.88. The Morgan fingerprint density at radius 2 is 1.53 bits per heavy atom. The molecule has 3 heteroatoms. The summed E-state index contributed by atoms with van der Waals surface area (Å²) in [5.74, 6) is 0. The lowest BCUT2D eigenvalue weighted by Crippen LogP contribution is -2.44. The van der Waals surface area contributed by atoms with E-state index in [-0.39, 0.29) is 0 Å². The van der Waals surface area contributed by atoms with Crippen molar-refractivity contribution in [3.63, 3.8) is 0 Å². The average molecular weight is 340 g/mol. The summed E-state index contributed by atoms with van der Waals surface area (Å²) in [5, 5.41) is 0.355. The molecule has 0 heterocycles. The van der Waals surface area contributed by atoms with Crippen molar-refractivity contribution in [3.8, 4) is 0 Å². The van der Waals surface area contributed by atoms with Crippen LogP contribution in [0.4, 0.5) is 0 Å². The van der Waals surface area contributed by atoms with Gasteiger partial charge in [-0.2, -0.15) is 0 Å². The zero-order valence-corrected chi connectivity index (χ0v) is 13.9. The standard InChI is InChI=1S/C12H25IOSi/c1-12(2,3)15(4,5)14-11-8-6-10(13)7-9-11/h10-11H,6-9H2,1-5H3. The molecule has 0 aromatic carbocycles. The summed E-state index contributed by atoms with van der Waals surface area (Å²) in [7, 11) is -1.52. The molecule has 0 atom stereocenters. The summed E-state index contributed by atoms with van der Waals surface area (Å²) in [6.45, 7) is 11.7. The van der Waals surface area contributed by atoms with Crippen molar-refractivity contribution >= 4 is 30.9 Å². The third-order valence-corrected chi connectivity index (χ3v) is 9.65. The zero-order valence-electron chi connectivity index (χ0n) is 10.8. The van der Waals surface area contributed by atoms with Crippen LogP contribution in [0.2, 0.25) is 18.1 Å². The van der Waals surface area contributed by atoms with E-state index in [0.717, 1.165) is 3.92 Å². The first kappa shape index (κ1) is 14.0. The zero-order chi connectivity index (χ0) is 11.7. The van der Waals surface area contributed by atoms with Gasteiger partial charge in [-0.1, -0.05) is 43.4 Å². The Hall–Kier alpha value is 0.907. The van der Waals surface area contributed by atoms with E-state index in [4.69, 9.17) is 4.43 Å². The van der Waals surface area contributed by atoms with Gasteiger partial charge < -0.3 is 4.43 Å². The predicted molar refractivity (Wildman–Crippen MR) is 78.3 cm³/mol. The molecule has 1 aliphatic carbocycles. The van der Waals surface area contributed by atoms with E-state index >= 15 is 0 Å². The van der Waals surface area contributed by atoms with Crippen molar-refractivity contribution in [3.05, 3.63) is 0 Å². The predicted octanol–water partition coefficient (Wildman–Crippen LogP) is 4.75. The van der Waals surface area contributed by atoms with Crippen LogP contribution in [-0.4, -0.2) is 18.3 Å². The first-order valence-corrected chi connectivity index (χ1v) is 10.2. The van der Waals surface area contributed by atoms with Crippen molar-refractivity contribution in [1.82, 2.24) is 0 Å². The van der Waals surface area contributed by atoms with Gasteiger partial charge in [0.2, 0.25) is 0 Å². The Bertz CT molecular complexity index is 202. The highest BCUT2D eigenvalue weighted by Gasteiger charge is 2.39. The van der Waals surface area contributed by atoms with E-state index in [1.54, 1.807) is 0 Å². The Morgan fingerprint density at radius 3 is 1.93 bits per heavy atom. The van der Waals surface area contributed by atoms with Crippen LogP contribution < -0.4 is 0 Å². The molecule has 0 radical (unpaired) electrons. The van der Waals surface area contributed by atoms with E-state index in [1.165, 1.54) is 25.7 Å². The third-order valence-electron chi connectivity index (χ3n) is 3.87. The molecule has 15 heavy (non-hydrogen) atoms. The summed E-state index contributed by atoms with van der Waals surface area (Å²) >= 11 is 2.58. The highest BCUT2D eigenvalue weighted by atomic mass is 127. The van der Waals surface area contributed by atoms with Crippen LogP contribution in [0.1, 0.15) is 46.5 Å². The quantitative estimate of drug-likeness (QED) is 0.400. The van der Waals surface area contributed by atoms with Gasteiger partial charge in [0.1, 0.15) is 0 Å². The monoisotopic (exact) mass is 340 g/mol. The molecule has 0 aliphatic heterocycles. The van der Waals surface area contributed by atoms with Crippen LogP contribution in [0, 0.1) is 0 Å². The molecule has 0 saturated heterocycles. The van der Waals surface area contributed by atoms with Crippen molar-refractivity contribution in [2.45, 2.75) is 74.6 Å². The van der Waals surface area contributed by atoms with Crippen LogP contribution in [0.5, 0.6) is 0 Å². The van der Waals surface area contributed by atoms with E-state index in [1.807, 2.05) is 0 Å². The molecule has 0 amide bonds. The Morgan fingerprint density at radius 1 is 1.07 bits per heavy atom. The number of rotatable bonds is 2. The van der Waals surface area contributed by atoms with Crippen LogP contribution in [0.3, 0.4) is 0 Å². The Balaban J connectivity index is 2.48. The minimum Gasteiger partial charge on any atom is -0.414 e. The maximum Gasteiger partial charge on any atom is 0.192 e. The molecular formula is C12H25IOSi. The van der Waals surface area contributed by atoms with Crippen molar-refractivity contribution in [2.24, 2.45) is 0 Å². The normalized spacial score (nSPS) is 29.2. The lowest BCUT2D eigenvalue weighted by Gasteiger charge is -2.40. The summed E-state index contributed by atoms with van der Waals surface area (Å²) in [5.41, 5.74) is 0. The van der Waals surface area contributed by atoms with Crippen LogP contribution in [-0.2, 0) is 4.43 Å². The number of alkyl halides is 1. The van der Waals surface area contributed by atoms with E-state index < -0.39 is 8.32 Å². The summed E-state index contributed by atoms with van der Waals surface area (Å²) in [6, 6.07) is 0. The fraction of sp³-hybridized carbons (Fsp3) is 1.00. The highest BCUT2D eigenvalue weighted by Crippen LogP contribution is 2.39. The van der Waals surface area contributed by atoms with Gasteiger partial charge in [-0.15, -0.1) is 0 Å². The first-order valence-electron chi connectivity index (χ1n) is 6.04. The van der Waals surface area contributed by atoms with Gasteiger partial charge in [-0.3, -0.25) is 0 Å². The maximum absolute atomic E-state index is 6.43. The number of halogens is 1. The Labute approximate surface area is 110 Å². The molecule has 1 nitrogen and oxygen atoms in total. The molecular weight excluding hydrogens is 315 g/mol. The minimum atomic E-state index is -1.52. The van der Waals surface area contributed by atoms with Gasteiger partial charge in [-0.25, -0.2) is 0 Å². The average Bonchev–Trinajstić information content (AvgIpc) is 2.06. The molecule has 0 spiro atoms. The fourth-order valence-electron chi connectivity index (χ4n) is 1.73. The molecule has 90 valence electrons. The van der Waals surface area contributed by atoms with Gasteiger partial charge in [0, 0.05) is 10.0 Å². The topological polar surface area (TPSA) is 9.23 Å². The number of hydrogen-bond acceptors (Lipinski definition) is 1. The lowest BCUT2D eigenvalue weighted by molar-refractivity contribution is 0.141. The highest BCUT2D eigenvalue weighted by molar-refractivity contribution is 14.1. The van der Waals surface area contributed by atoms with Crippen molar-refractivity contribution < 1.29 is 4.43 Å². The molecule has 1 aliphatic rings. The SMILES string of the molecule is CC(C)(C)[Si](C)(C)OC1CCC(I)CC1. The molecule has 0 bridgehead atoms. The molecule has 0 N–H and O–H groups in total. The minimum absolute atomic E-state index is 0.355.